The fraction of sp³-hybridized carbons (Fsp3) is 0.667. The van der Waals surface area contributed by atoms with Gasteiger partial charge in [-0.15, -0.1) is 0 Å². The van der Waals surface area contributed by atoms with E-state index in [2.05, 4.69) is 5.43 Å². The predicted octanol–water partition coefficient (Wildman–Crippen LogP) is -0.122. The van der Waals surface area contributed by atoms with Crippen molar-refractivity contribution < 1.29 is 5.11 Å². The van der Waals surface area contributed by atoms with Gasteiger partial charge < -0.3 is 10.5 Å². The highest BCUT2D eigenvalue weighted by Crippen LogP contribution is 2.41. The molecule has 0 saturated heterocycles. The first-order chi connectivity index (χ1) is 4.19. The molecule has 3 nitrogen and oxygen atoms in total. The van der Waals surface area contributed by atoms with Crippen molar-refractivity contribution in [3.63, 3.8) is 0 Å². The van der Waals surface area contributed by atoms with E-state index in [9.17, 15) is 5.11 Å². The summed E-state index contributed by atoms with van der Waals surface area (Å²) in [4.78, 5) is 0. The van der Waals surface area contributed by atoms with Crippen LogP contribution in [0.2, 0.25) is 0 Å². The molecule has 0 amide bonds. The molecule has 0 aromatic heterocycles. The fourth-order valence-electron chi connectivity index (χ4n) is 0.772. The van der Waals surface area contributed by atoms with Crippen molar-refractivity contribution in [2.45, 2.75) is 25.4 Å². The molecule has 0 aliphatic heterocycles. The first-order valence-corrected chi connectivity index (χ1v) is 3.05. The molecule has 1 saturated carbocycles. The Balaban J connectivity index is 2.51. The summed E-state index contributed by atoms with van der Waals surface area (Å²) < 4.78 is 0. The monoisotopic (exact) mass is 128 g/mol. The van der Waals surface area contributed by atoms with Crippen LogP contribution in [0.3, 0.4) is 0 Å². The highest BCUT2D eigenvalue weighted by atomic mass is 16.3. The molecule has 0 atom stereocenters. The highest BCUT2D eigenvalue weighted by Gasteiger charge is 2.41. The molecular weight excluding hydrogens is 116 g/mol. The lowest BCUT2D eigenvalue weighted by atomic mass is 10.2. The summed E-state index contributed by atoms with van der Waals surface area (Å²) in [6, 6.07) is 0. The second-order valence-electron chi connectivity index (χ2n) is 2.53. The van der Waals surface area contributed by atoms with Crippen LogP contribution in [0.5, 0.6) is 0 Å². The number of nitrogens with two attached hydrogens (primary N) is 1. The lowest BCUT2D eigenvalue weighted by Gasteiger charge is -2.06. The Labute approximate surface area is 54.5 Å². The molecule has 3 heteroatoms. The van der Waals surface area contributed by atoms with Crippen LogP contribution in [0, 0.1) is 0 Å². The summed E-state index contributed by atoms with van der Waals surface area (Å²) in [5, 5.41) is 9.36. The average molecular weight is 128 g/mol. The van der Waals surface area contributed by atoms with Gasteiger partial charge in [-0.2, -0.15) is 0 Å². The maximum Gasteiger partial charge on any atom is 0.0873 e. The second kappa shape index (κ2) is 2.01. The van der Waals surface area contributed by atoms with E-state index in [0.29, 0.717) is 0 Å². The van der Waals surface area contributed by atoms with E-state index in [-0.39, 0.29) is 0 Å². The average Bonchev–Trinajstić information content (AvgIpc) is 2.50. The Hall–Kier alpha value is -0.540. The Morgan fingerprint density at radius 3 is 2.67 bits per heavy atom. The van der Waals surface area contributed by atoms with Crippen molar-refractivity contribution >= 4 is 0 Å². The van der Waals surface area contributed by atoms with E-state index in [0.717, 1.165) is 18.4 Å². The van der Waals surface area contributed by atoms with Gasteiger partial charge in [0.15, 0.2) is 0 Å². The van der Waals surface area contributed by atoms with Gasteiger partial charge in [-0.3, -0.25) is 5.84 Å². The van der Waals surface area contributed by atoms with Crippen molar-refractivity contribution in [1.29, 1.82) is 0 Å². The van der Waals surface area contributed by atoms with Crippen LogP contribution in [0.4, 0.5) is 0 Å². The molecule has 0 unspecified atom stereocenters. The van der Waals surface area contributed by atoms with Crippen LogP contribution in [0.15, 0.2) is 11.8 Å². The van der Waals surface area contributed by atoms with Gasteiger partial charge >= 0.3 is 0 Å². The molecule has 0 bridgehead atoms. The quantitative estimate of drug-likeness (QED) is 0.359. The van der Waals surface area contributed by atoms with Gasteiger partial charge in [0.1, 0.15) is 0 Å². The summed E-state index contributed by atoms with van der Waals surface area (Å²) in [7, 11) is 0. The van der Waals surface area contributed by atoms with Crippen molar-refractivity contribution in [2.24, 2.45) is 5.84 Å². The first-order valence-electron chi connectivity index (χ1n) is 3.05. The molecule has 0 aromatic rings. The Morgan fingerprint density at radius 1 is 1.78 bits per heavy atom. The second-order valence-corrected chi connectivity index (χ2v) is 2.53. The summed E-state index contributed by atoms with van der Waals surface area (Å²) in [5.41, 5.74) is 2.79. The molecule has 52 valence electrons. The van der Waals surface area contributed by atoms with Crippen LogP contribution in [0.25, 0.3) is 0 Å². The normalized spacial score (nSPS) is 23.7. The molecule has 1 rings (SSSR count). The lowest BCUT2D eigenvalue weighted by molar-refractivity contribution is 0.188. The van der Waals surface area contributed by atoms with Gasteiger partial charge in [-0.05, 0) is 25.3 Å². The SMILES string of the molecule is C/C(=C\NN)C1(O)CC1. The zero-order chi connectivity index (χ0) is 6.91. The summed E-state index contributed by atoms with van der Waals surface area (Å²) >= 11 is 0. The number of hydrogen-bond donors (Lipinski definition) is 3. The van der Waals surface area contributed by atoms with Crippen molar-refractivity contribution in [3.8, 4) is 0 Å². The maximum absolute atomic E-state index is 9.36. The van der Waals surface area contributed by atoms with Crippen LogP contribution < -0.4 is 11.3 Å². The lowest BCUT2D eigenvalue weighted by Crippen LogP contribution is -2.18. The number of rotatable bonds is 2. The van der Waals surface area contributed by atoms with Gasteiger partial charge in [-0.1, -0.05) is 0 Å². The minimum absolute atomic E-state index is 0.521. The molecule has 4 N–H and O–H groups in total. The molecule has 0 radical (unpaired) electrons. The zero-order valence-corrected chi connectivity index (χ0v) is 5.52. The molecule has 0 aromatic carbocycles. The van der Waals surface area contributed by atoms with E-state index in [1.54, 1.807) is 6.20 Å². The fourth-order valence-corrected chi connectivity index (χ4v) is 0.772. The molecule has 9 heavy (non-hydrogen) atoms. The van der Waals surface area contributed by atoms with Crippen molar-refractivity contribution in [2.75, 3.05) is 0 Å². The predicted molar refractivity (Wildman–Crippen MR) is 35.3 cm³/mol. The van der Waals surface area contributed by atoms with E-state index in [1.165, 1.54) is 0 Å². The summed E-state index contributed by atoms with van der Waals surface area (Å²) in [5.74, 6) is 5.02. The van der Waals surface area contributed by atoms with Gasteiger partial charge in [0.25, 0.3) is 0 Å². The van der Waals surface area contributed by atoms with E-state index < -0.39 is 5.60 Å². The van der Waals surface area contributed by atoms with Gasteiger partial charge in [0.05, 0.1) is 5.60 Å². The Kier molecular flexibility index (Phi) is 1.47. The topological polar surface area (TPSA) is 58.3 Å². The van der Waals surface area contributed by atoms with E-state index in [4.69, 9.17) is 5.84 Å². The van der Waals surface area contributed by atoms with Crippen LogP contribution in [-0.2, 0) is 0 Å². The Bertz CT molecular complexity index is 138. The number of aliphatic hydroxyl groups is 1. The zero-order valence-electron chi connectivity index (χ0n) is 5.52. The minimum atomic E-state index is -0.521. The summed E-state index contributed by atoms with van der Waals surface area (Å²) in [6.07, 6.45) is 3.38. The summed E-state index contributed by atoms with van der Waals surface area (Å²) in [6.45, 7) is 1.87. The van der Waals surface area contributed by atoms with Crippen LogP contribution in [-0.4, -0.2) is 10.7 Å². The molecule has 0 spiro atoms. The number of nitrogens with one attached hydrogen (secondary N) is 1. The highest BCUT2D eigenvalue weighted by molar-refractivity contribution is 5.21. The third kappa shape index (κ3) is 1.23. The maximum atomic E-state index is 9.36. The molecule has 1 aliphatic carbocycles. The smallest absolute Gasteiger partial charge is 0.0873 e. The van der Waals surface area contributed by atoms with Gasteiger partial charge in [-0.25, -0.2) is 0 Å². The van der Waals surface area contributed by atoms with Gasteiger partial charge in [0, 0.05) is 6.20 Å². The van der Waals surface area contributed by atoms with Gasteiger partial charge in [0.2, 0.25) is 0 Å². The molecule has 1 aliphatic rings. The van der Waals surface area contributed by atoms with E-state index >= 15 is 0 Å². The van der Waals surface area contributed by atoms with Crippen LogP contribution >= 0.6 is 0 Å². The molecule has 1 fully saturated rings. The van der Waals surface area contributed by atoms with E-state index in [1.807, 2.05) is 6.92 Å². The van der Waals surface area contributed by atoms with Crippen molar-refractivity contribution in [3.05, 3.63) is 11.8 Å². The van der Waals surface area contributed by atoms with Crippen LogP contribution in [0.1, 0.15) is 19.8 Å². The number of hydrazine groups is 1. The van der Waals surface area contributed by atoms with Crippen molar-refractivity contribution in [1.82, 2.24) is 5.43 Å². The Morgan fingerprint density at radius 2 is 2.33 bits per heavy atom. The third-order valence-electron chi connectivity index (χ3n) is 1.76. The first kappa shape index (κ1) is 6.58. The standard InChI is InChI=1S/C6H12N2O/c1-5(4-8-7)6(9)2-3-6/h4,8-9H,2-3,7H2,1H3/b5-4+. The largest absolute Gasteiger partial charge is 0.385 e. The molecular formula is C6H12N2O. The minimum Gasteiger partial charge on any atom is -0.385 e. The number of hydrogen-bond acceptors (Lipinski definition) is 3. The molecule has 0 heterocycles. The third-order valence-corrected chi connectivity index (χ3v) is 1.76.